The van der Waals surface area contributed by atoms with Crippen molar-refractivity contribution in [1.82, 2.24) is 10.6 Å². The molecule has 0 aliphatic carbocycles. The van der Waals surface area contributed by atoms with E-state index in [0.29, 0.717) is 0 Å². The summed E-state index contributed by atoms with van der Waals surface area (Å²) in [6.07, 6.45) is 0.923. The summed E-state index contributed by atoms with van der Waals surface area (Å²) >= 11 is 0. The zero-order valence-corrected chi connectivity index (χ0v) is 11.9. The number of fused-ring (bicyclic) bond motifs is 1. The molecule has 1 aliphatic rings. The molecule has 5 heteroatoms. The second kappa shape index (κ2) is 5.63. The van der Waals surface area contributed by atoms with E-state index in [9.17, 15) is 9.59 Å². The molecule has 20 heavy (non-hydrogen) atoms. The highest BCUT2D eigenvalue weighted by Crippen LogP contribution is 2.23. The van der Waals surface area contributed by atoms with Crippen molar-refractivity contribution in [2.24, 2.45) is 11.1 Å². The molecule has 0 saturated heterocycles. The Bertz CT molecular complexity index is 526. The maximum atomic E-state index is 12.3. The Balaban J connectivity index is 2.06. The van der Waals surface area contributed by atoms with Crippen LogP contribution in [-0.2, 0) is 16.0 Å². The Labute approximate surface area is 118 Å². The predicted molar refractivity (Wildman–Crippen MR) is 76.9 cm³/mol. The highest BCUT2D eigenvalue weighted by Gasteiger charge is 2.29. The van der Waals surface area contributed by atoms with Crippen molar-refractivity contribution in [3.05, 3.63) is 35.4 Å². The molecule has 0 radical (unpaired) electrons. The summed E-state index contributed by atoms with van der Waals surface area (Å²) in [5.41, 5.74) is 6.76. The van der Waals surface area contributed by atoms with Gasteiger partial charge in [-0.05, 0) is 31.4 Å². The number of amides is 2. The van der Waals surface area contributed by atoms with Crippen molar-refractivity contribution in [1.29, 1.82) is 0 Å². The first-order chi connectivity index (χ1) is 9.42. The molecular weight excluding hydrogens is 254 g/mol. The van der Waals surface area contributed by atoms with E-state index in [2.05, 4.69) is 10.6 Å². The molecule has 1 aromatic carbocycles. The maximum Gasteiger partial charge on any atom is 0.241 e. The third-order valence-electron chi connectivity index (χ3n) is 3.74. The monoisotopic (exact) mass is 275 g/mol. The molecule has 1 atom stereocenters. The highest BCUT2D eigenvalue weighted by atomic mass is 16.2. The second-order valence-electron chi connectivity index (χ2n) is 5.80. The van der Waals surface area contributed by atoms with Crippen LogP contribution < -0.4 is 16.4 Å². The molecule has 0 aromatic heterocycles. The predicted octanol–water partition coefficient (Wildman–Crippen LogP) is 0.501. The van der Waals surface area contributed by atoms with Crippen LogP contribution in [0.2, 0.25) is 0 Å². The molecule has 2 rings (SSSR count). The van der Waals surface area contributed by atoms with Gasteiger partial charge in [-0.15, -0.1) is 0 Å². The molecule has 0 bridgehead atoms. The highest BCUT2D eigenvalue weighted by molar-refractivity contribution is 5.85. The minimum atomic E-state index is -0.746. The Morgan fingerprint density at radius 2 is 2.10 bits per heavy atom. The molecule has 0 saturated carbocycles. The fourth-order valence-corrected chi connectivity index (χ4v) is 2.24. The van der Waals surface area contributed by atoms with E-state index in [1.165, 1.54) is 5.56 Å². The standard InChI is InChI=1S/C15H21N3O2/c1-15(2,14(16)20)9-18-13(19)12-11-6-4-3-5-10(11)7-8-17-12/h3-6,12,17H,7-9H2,1-2H3,(H2,16,20)(H,18,19). The van der Waals surface area contributed by atoms with E-state index in [0.717, 1.165) is 18.5 Å². The second-order valence-corrected chi connectivity index (χ2v) is 5.80. The first-order valence-electron chi connectivity index (χ1n) is 6.80. The summed E-state index contributed by atoms with van der Waals surface area (Å²) in [5.74, 6) is -0.540. The fraction of sp³-hybridized carbons (Fsp3) is 0.467. The lowest BCUT2D eigenvalue weighted by molar-refractivity contribution is -0.127. The Kier molecular flexibility index (Phi) is 4.09. The van der Waals surface area contributed by atoms with E-state index in [4.69, 9.17) is 5.73 Å². The molecular formula is C15H21N3O2. The largest absolute Gasteiger partial charge is 0.369 e. The van der Waals surface area contributed by atoms with Crippen molar-refractivity contribution in [3.8, 4) is 0 Å². The number of rotatable bonds is 4. The van der Waals surface area contributed by atoms with Crippen LogP contribution in [0.4, 0.5) is 0 Å². The van der Waals surface area contributed by atoms with Gasteiger partial charge in [0.15, 0.2) is 0 Å². The minimum Gasteiger partial charge on any atom is -0.369 e. The van der Waals surface area contributed by atoms with Gasteiger partial charge in [-0.1, -0.05) is 24.3 Å². The summed E-state index contributed by atoms with van der Waals surface area (Å²) in [6, 6.07) is 7.56. The van der Waals surface area contributed by atoms with Gasteiger partial charge in [-0.3, -0.25) is 9.59 Å². The summed E-state index contributed by atoms with van der Waals surface area (Å²) in [7, 11) is 0. The lowest BCUT2D eigenvalue weighted by Gasteiger charge is -2.28. The van der Waals surface area contributed by atoms with Crippen LogP contribution >= 0.6 is 0 Å². The first kappa shape index (κ1) is 14.5. The van der Waals surface area contributed by atoms with Crippen molar-refractivity contribution >= 4 is 11.8 Å². The van der Waals surface area contributed by atoms with Gasteiger partial charge in [0.05, 0.1) is 5.41 Å². The van der Waals surface area contributed by atoms with E-state index >= 15 is 0 Å². The van der Waals surface area contributed by atoms with Crippen LogP contribution in [0.15, 0.2) is 24.3 Å². The molecule has 0 spiro atoms. The van der Waals surface area contributed by atoms with Crippen LogP contribution in [0.25, 0.3) is 0 Å². The van der Waals surface area contributed by atoms with Crippen LogP contribution in [0.5, 0.6) is 0 Å². The lowest BCUT2D eigenvalue weighted by atomic mass is 9.91. The average molecular weight is 275 g/mol. The van der Waals surface area contributed by atoms with Crippen LogP contribution in [0.1, 0.15) is 31.0 Å². The Morgan fingerprint density at radius 1 is 1.40 bits per heavy atom. The van der Waals surface area contributed by atoms with Crippen LogP contribution in [-0.4, -0.2) is 24.9 Å². The van der Waals surface area contributed by atoms with Gasteiger partial charge >= 0.3 is 0 Å². The number of hydrogen-bond donors (Lipinski definition) is 3. The molecule has 0 fully saturated rings. The SMILES string of the molecule is CC(C)(CNC(=O)C1NCCc2ccccc21)C(N)=O. The van der Waals surface area contributed by atoms with Crippen molar-refractivity contribution in [2.75, 3.05) is 13.1 Å². The van der Waals surface area contributed by atoms with Gasteiger partial charge < -0.3 is 16.4 Å². The van der Waals surface area contributed by atoms with E-state index in [1.54, 1.807) is 13.8 Å². The van der Waals surface area contributed by atoms with E-state index in [-0.39, 0.29) is 18.5 Å². The molecule has 1 aliphatic heterocycles. The van der Waals surface area contributed by atoms with Gasteiger partial charge in [0.25, 0.3) is 0 Å². The normalized spacial score (nSPS) is 18.2. The number of hydrogen-bond acceptors (Lipinski definition) is 3. The fourth-order valence-electron chi connectivity index (χ4n) is 2.24. The molecule has 5 nitrogen and oxygen atoms in total. The summed E-state index contributed by atoms with van der Waals surface area (Å²) < 4.78 is 0. The van der Waals surface area contributed by atoms with E-state index in [1.807, 2.05) is 24.3 Å². The molecule has 108 valence electrons. The smallest absolute Gasteiger partial charge is 0.241 e. The lowest BCUT2D eigenvalue weighted by Crippen LogP contribution is -2.47. The van der Waals surface area contributed by atoms with Crippen LogP contribution in [0.3, 0.4) is 0 Å². The Hall–Kier alpha value is -1.88. The van der Waals surface area contributed by atoms with Gasteiger partial charge in [0, 0.05) is 13.1 Å². The molecule has 2 amide bonds. The summed E-state index contributed by atoms with van der Waals surface area (Å²) in [6.45, 7) is 4.45. The zero-order chi connectivity index (χ0) is 14.8. The average Bonchev–Trinajstić information content (AvgIpc) is 2.44. The topological polar surface area (TPSA) is 84.2 Å². The van der Waals surface area contributed by atoms with Crippen LogP contribution in [0, 0.1) is 5.41 Å². The summed E-state index contributed by atoms with van der Waals surface area (Å²) in [4.78, 5) is 23.6. The first-order valence-corrected chi connectivity index (χ1v) is 6.80. The zero-order valence-electron chi connectivity index (χ0n) is 11.9. The van der Waals surface area contributed by atoms with Crippen molar-refractivity contribution < 1.29 is 9.59 Å². The number of carbonyl (C=O) groups excluding carboxylic acids is 2. The van der Waals surface area contributed by atoms with Crippen molar-refractivity contribution in [3.63, 3.8) is 0 Å². The quantitative estimate of drug-likeness (QED) is 0.748. The molecule has 1 unspecified atom stereocenters. The molecule has 1 heterocycles. The third-order valence-corrected chi connectivity index (χ3v) is 3.74. The van der Waals surface area contributed by atoms with Crippen molar-refractivity contribution in [2.45, 2.75) is 26.3 Å². The number of nitrogens with two attached hydrogens (primary N) is 1. The summed E-state index contributed by atoms with van der Waals surface area (Å²) in [5, 5.41) is 6.02. The maximum absolute atomic E-state index is 12.3. The van der Waals surface area contributed by atoms with Gasteiger partial charge in [-0.25, -0.2) is 0 Å². The third kappa shape index (κ3) is 2.99. The minimum absolute atomic E-state index is 0.119. The Morgan fingerprint density at radius 3 is 2.80 bits per heavy atom. The molecule has 4 N–H and O–H groups in total. The number of primary amides is 1. The van der Waals surface area contributed by atoms with Gasteiger partial charge in [0.2, 0.25) is 11.8 Å². The van der Waals surface area contributed by atoms with E-state index < -0.39 is 11.3 Å². The molecule has 1 aromatic rings. The number of nitrogens with one attached hydrogen (secondary N) is 2. The number of carbonyl (C=O) groups is 2. The van der Waals surface area contributed by atoms with Gasteiger partial charge in [-0.2, -0.15) is 0 Å². The van der Waals surface area contributed by atoms with Gasteiger partial charge in [0.1, 0.15) is 6.04 Å². The number of benzene rings is 1.